The third kappa shape index (κ3) is 4.23. The van der Waals surface area contributed by atoms with Crippen molar-refractivity contribution in [1.82, 2.24) is 19.8 Å². The van der Waals surface area contributed by atoms with Crippen LogP contribution in [0.5, 0.6) is 0 Å². The molecule has 2 amide bonds. The lowest BCUT2D eigenvalue weighted by molar-refractivity contribution is -0.145. The molecule has 0 bridgehead atoms. The first-order chi connectivity index (χ1) is 14.6. The summed E-state index contributed by atoms with van der Waals surface area (Å²) < 4.78 is 0. The number of carbonyl (C=O) groups is 2. The number of benzene rings is 1. The molecule has 1 aromatic carbocycles. The molecule has 3 heterocycles. The Balaban J connectivity index is 1.43. The first-order valence-corrected chi connectivity index (χ1v) is 11.0. The number of hydrogen-bond donors (Lipinski definition) is 0. The summed E-state index contributed by atoms with van der Waals surface area (Å²) in [5, 5.41) is 0. The Labute approximate surface area is 178 Å². The fourth-order valence-corrected chi connectivity index (χ4v) is 4.99. The van der Waals surface area contributed by atoms with Gasteiger partial charge in [0.1, 0.15) is 5.69 Å². The third-order valence-corrected chi connectivity index (χ3v) is 6.83. The lowest BCUT2D eigenvalue weighted by atomic mass is 9.69. The summed E-state index contributed by atoms with van der Waals surface area (Å²) in [6, 6.07) is 10.2. The van der Waals surface area contributed by atoms with Crippen LogP contribution in [0.4, 0.5) is 0 Å². The summed E-state index contributed by atoms with van der Waals surface area (Å²) in [4.78, 5) is 38.4. The van der Waals surface area contributed by atoms with E-state index in [0.29, 0.717) is 31.2 Å². The van der Waals surface area contributed by atoms with Crippen molar-refractivity contribution in [2.75, 3.05) is 19.6 Å². The number of hydrogen-bond acceptors (Lipinski definition) is 4. The number of likely N-dealkylation sites (tertiary alicyclic amines) is 2. The topological polar surface area (TPSA) is 66.4 Å². The van der Waals surface area contributed by atoms with Crippen molar-refractivity contribution in [2.45, 2.75) is 45.6 Å². The molecular formula is C24H30N4O2. The monoisotopic (exact) mass is 406 g/mol. The maximum atomic E-state index is 13.6. The lowest BCUT2D eigenvalue weighted by Gasteiger charge is -2.42. The molecule has 0 unspecified atom stereocenters. The van der Waals surface area contributed by atoms with Gasteiger partial charge in [-0.15, -0.1) is 0 Å². The smallest absolute Gasteiger partial charge is 0.274 e. The van der Waals surface area contributed by atoms with E-state index in [0.717, 1.165) is 38.6 Å². The minimum Gasteiger partial charge on any atom is -0.338 e. The van der Waals surface area contributed by atoms with Gasteiger partial charge in [0.05, 0.1) is 6.20 Å². The van der Waals surface area contributed by atoms with Gasteiger partial charge in [0.2, 0.25) is 5.91 Å². The van der Waals surface area contributed by atoms with E-state index in [1.54, 1.807) is 12.4 Å². The summed E-state index contributed by atoms with van der Waals surface area (Å²) in [6.07, 6.45) is 9.41. The van der Waals surface area contributed by atoms with Gasteiger partial charge in [-0.25, -0.2) is 4.98 Å². The van der Waals surface area contributed by atoms with Crippen LogP contribution in [0.15, 0.2) is 48.9 Å². The second kappa shape index (κ2) is 8.94. The van der Waals surface area contributed by atoms with E-state index in [4.69, 9.17) is 0 Å². The number of nitrogens with zero attached hydrogens (tertiary/aromatic N) is 4. The SMILES string of the molecule is C[C@]1(C2CCN(C(=O)c3cnccn3)CC2)CCCCN(Cc2ccccc2)C1=O. The Hall–Kier alpha value is -2.76. The fraction of sp³-hybridized carbons (Fsp3) is 0.500. The zero-order valence-corrected chi connectivity index (χ0v) is 17.7. The molecule has 6 heteroatoms. The van der Waals surface area contributed by atoms with Crippen LogP contribution in [-0.4, -0.2) is 51.2 Å². The zero-order chi connectivity index (χ0) is 21.0. The van der Waals surface area contributed by atoms with Crippen molar-refractivity contribution in [3.05, 3.63) is 60.2 Å². The average Bonchev–Trinajstić information content (AvgIpc) is 2.94. The average molecular weight is 407 g/mol. The van der Waals surface area contributed by atoms with E-state index in [1.165, 1.54) is 11.8 Å². The van der Waals surface area contributed by atoms with Gasteiger partial charge in [0, 0.05) is 44.0 Å². The van der Waals surface area contributed by atoms with Gasteiger partial charge in [-0.05, 0) is 37.2 Å². The molecule has 6 nitrogen and oxygen atoms in total. The molecule has 0 N–H and O–H groups in total. The Morgan fingerprint density at radius 3 is 2.57 bits per heavy atom. The van der Waals surface area contributed by atoms with Crippen molar-refractivity contribution in [2.24, 2.45) is 11.3 Å². The van der Waals surface area contributed by atoms with Crippen LogP contribution < -0.4 is 0 Å². The molecule has 4 rings (SSSR count). The summed E-state index contributed by atoms with van der Waals surface area (Å²) in [5.74, 6) is 0.513. The van der Waals surface area contributed by atoms with Crippen molar-refractivity contribution in [3.63, 3.8) is 0 Å². The van der Waals surface area contributed by atoms with Gasteiger partial charge in [0.25, 0.3) is 5.91 Å². The zero-order valence-electron chi connectivity index (χ0n) is 17.7. The van der Waals surface area contributed by atoms with Crippen LogP contribution >= 0.6 is 0 Å². The predicted molar refractivity (Wildman–Crippen MR) is 114 cm³/mol. The van der Waals surface area contributed by atoms with Crippen molar-refractivity contribution in [3.8, 4) is 0 Å². The molecule has 0 spiro atoms. The molecule has 1 atom stereocenters. The van der Waals surface area contributed by atoms with Crippen LogP contribution in [-0.2, 0) is 11.3 Å². The molecule has 1 aromatic heterocycles. The minimum atomic E-state index is -0.354. The molecular weight excluding hydrogens is 376 g/mol. The van der Waals surface area contributed by atoms with E-state index >= 15 is 0 Å². The van der Waals surface area contributed by atoms with Gasteiger partial charge >= 0.3 is 0 Å². The fourth-order valence-electron chi connectivity index (χ4n) is 4.99. The summed E-state index contributed by atoms with van der Waals surface area (Å²) >= 11 is 0. The van der Waals surface area contributed by atoms with Crippen LogP contribution in [0, 0.1) is 11.3 Å². The lowest BCUT2D eigenvalue weighted by Crippen LogP contribution is -2.49. The molecule has 0 saturated carbocycles. The maximum Gasteiger partial charge on any atom is 0.274 e. The minimum absolute atomic E-state index is 0.0652. The Morgan fingerprint density at radius 2 is 1.87 bits per heavy atom. The molecule has 2 aromatic rings. The van der Waals surface area contributed by atoms with Gasteiger partial charge in [-0.3, -0.25) is 14.6 Å². The predicted octanol–water partition coefficient (Wildman–Crippen LogP) is 3.55. The van der Waals surface area contributed by atoms with Gasteiger partial charge in [0.15, 0.2) is 0 Å². The molecule has 2 aliphatic heterocycles. The van der Waals surface area contributed by atoms with E-state index in [1.807, 2.05) is 23.1 Å². The normalized spacial score (nSPS) is 23.3. The van der Waals surface area contributed by atoms with E-state index in [-0.39, 0.29) is 17.2 Å². The number of amides is 2. The van der Waals surface area contributed by atoms with Crippen LogP contribution in [0.3, 0.4) is 0 Å². The summed E-state index contributed by atoms with van der Waals surface area (Å²) in [5.41, 5.74) is 1.22. The Kier molecular flexibility index (Phi) is 6.11. The second-order valence-corrected chi connectivity index (χ2v) is 8.74. The number of piperidine rings is 1. The molecule has 158 valence electrons. The number of rotatable bonds is 4. The first-order valence-electron chi connectivity index (χ1n) is 11.0. The second-order valence-electron chi connectivity index (χ2n) is 8.74. The van der Waals surface area contributed by atoms with E-state index in [2.05, 4.69) is 33.9 Å². The van der Waals surface area contributed by atoms with Crippen LogP contribution in [0.2, 0.25) is 0 Å². The van der Waals surface area contributed by atoms with E-state index < -0.39 is 0 Å². The molecule has 2 fully saturated rings. The van der Waals surface area contributed by atoms with Crippen LogP contribution in [0.1, 0.15) is 55.1 Å². The Bertz CT molecular complexity index is 865. The van der Waals surface area contributed by atoms with Gasteiger partial charge < -0.3 is 9.80 Å². The number of aromatic nitrogens is 2. The highest BCUT2D eigenvalue weighted by atomic mass is 16.2. The standard InChI is InChI=1S/C24H30N4O2/c1-24(11-5-6-14-28(23(24)30)18-19-7-3-2-4-8-19)20-9-15-27(16-10-20)22(29)21-17-25-12-13-26-21/h2-4,7-8,12-13,17,20H,5-6,9-11,14-16,18H2,1H3/t24-/m1/s1. The maximum absolute atomic E-state index is 13.6. The van der Waals surface area contributed by atoms with E-state index in [9.17, 15) is 9.59 Å². The summed E-state index contributed by atoms with van der Waals surface area (Å²) in [6.45, 7) is 5.00. The van der Waals surface area contributed by atoms with Gasteiger partial charge in [-0.1, -0.05) is 43.7 Å². The van der Waals surface area contributed by atoms with Crippen LogP contribution in [0.25, 0.3) is 0 Å². The van der Waals surface area contributed by atoms with Gasteiger partial charge in [-0.2, -0.15) is 0 Å². The summed E-state index contributed by atoms with van der Waals surface area (Å²) in [7, 11) is 0. The third-order valence-electron chi connectivity index (χ3n) is 6.83. The Morgan fingerprint density at radius 1 is 1.10 bits per heavy atom. The highest BCUT2D eigenvalue weighted by Gasteiger charge is 2.45. The molecule has 0 radical (unpaired) electrons. The van der Waals surface area contributed by atoms with Crippen molar-refractivity contribution >= 4 is 11.8 Å². The molecule has 2 aliphatic rings. The highest BCUT2D eigenvalue weighted by molar-refractivity contribution is 5.92. The number of carbonyl (C=O) groups excluding carboxylic acids is 2. The molecule has 30 heavy (non-hydrogen) atoms. The van der Waals surface area contributed by atoms with Crippen molar-refractivity contribution < 1.29 is 9.59 Å². The molecule has 0 aliphatic carbocycles. The largest absolute Gasteiger partial charge is 0.338 e. The quantitative estimate of drug-likeness (QED) is 0.779. The first kappa shape index (κ1) is 20.5. The molecule has 2 saturated heterocycles. The highest BCUT2D eigenvalue weighted by Crippen LogP contribution is 2.43. The van der Waals surface area contributed by atoms with Crippen molar-refractivity contribution in [1.29, 1.82) is 0 Å².